The second-order valence-electron chi connectivity index (χ2n) is 4.49. The van der Waals surface area contributed by atoms with Crippen molar-refractivity contribution in [2.75, 3.05) is 0 Å². The van der Waals surface area contributed by atoms with Crippen LogP contribution >= 0.6 is 11.3 Å². The smallest absolute Gasteiger partial charge is 0.258 e. The third-order valence-corrected chi connectivity index (χ3v) is 3.99. The molecule has 3 aromatic rings. The largest absolute Gasteiger partial charge is 0.302 e. The van der Waals surface area contributed by atoms with E-state index in [9.17, 15) is 4.79 Å². The molecule has 0 fully saturated rings. The molecule has 1 unspecified atom stereocenters. The van der Waals surface area contributed by atoms with Crippen molar-refractivity contribution in [1.29, 1.82) is 0 Å². The minimum absolute atomic E-state index is 0.0608. The Balaban J connectivity index is 1.80. The third-order valence-electron chi connectivity index (χ3n) is 3.04. The lowest BCUT2D eigenvalue weighted by Gasteiger charge is -2.11. The van der Waals surface area contributed by atoms with Gasteiger partial charge in [-0.3, -0.25) is 9.20 Å². The van der Waals surface area contributed by atoms with E-state index in [-0.39, 0.29) is 11.6 Å². The summed E-state index contributed by atoms with van der Waals surface area (Å²) >= 11 is 1.61. The summed E-state index contributed by atoms with van der Waals surface area (Å²) in [5.74, 6) is 0. The zero-order valence-corrected chi connectivity index (χ0v) is 11.8. The van der Waals surface area contributed by atoms with Crippen LogP contribution in [0.25, 0.3) is 5.65 Å². The van der Waals surface area contributed by atoms with Gasteiger partial charge in [0.15, 0.2) is 0 Å². The fraction of sp³-hybridized carbons (Fsp3) is 0.214. The Hall–Kier alpha value is -2.05. The highest BCUT2D eigenvalue weighted by Gasteiger charge is 2.08. The maximum Gasteiger partial charge on any atom is 0.258 e. The Morgan fingerprint density at radius 1 is 1.45 bits per heavy atom. The van der Waals surface area contributed by atoms with E-state index < -0.39 is 0 Å². The van der Waals surface area contributed by atoms with E-state index in [4.69, 9.17) is 0 Å². The Morgan fingerprint density at radius 3 is 3.15 bits per heavy atom. The van der Waals surface area contributed by atoms with Gasteiger partial charge in [0, 0.05) is 30.4 Å². The third kappa shape index (κ3) is 2.61. The number of thiazole rings is 1. The predicted molar refractivity (Wildman–Crippen MR) is 78.8 cm³/mol. The Labute approximate surface area is 120 Å². The Morgan fingerprint density at radius 2 is 2.35 bits per heavy atom. The summed E-state index contributed by atoms with van der Waals surface area (Å²) in [6, 6.07) is 7.23. The normalized spacial score (nSPS) is 12.7. The molecule has 0 aromatic carbocycles. The highest BCUT2D eigenvalue weighted by molar-refractivity contribution is 7.09. The second-order valence-corrected chi connectivity index (χ2v) is 5.41. The van der Waals surface area contributed by atoms with Crippen molar-refractivity contribution in [3.63, 3.8) is 0 Å². The molecular formula is C14H14N4OS. The van der Waals surface area contributed by atoms with E-state index >= 15 is 0 Å². The number of hydrogen-bond acceptors (Lipinski definition) is 5. The van der Waals surface area contributed by atoms with Crippen LogP contribution in [-0.4, -0.2) is 14.4 Å². The highest BCUT2D eigenvalue weighted by atomic mass is 32.1. The zero-order chi connectivity index (χ0) is 13.9. The average molecular weight is 286 g/mol. The molecule has 6 heteroatoms. The van der Waals surface area contributed by atoms with Crippen molar-refractivity contribution in [2.24, 2.45) is 0 Å². The van der Waals surface area contributed by atoms with Gasteiger partial charge in [-0.1, -0.05) is 6.07 Å². The number of hydrogen-bond donors (Lipinski definition) is 1. The van der Waals surface area contributed by atoms with Gasteiger partial charge in [0.1, 0.15) is 10.7 Å². The number of pyridine rings is 1. The first kappa shape index (κ1) is 13.0. The summed E-state index contributed by atoms with van der Waals surface area (Å²) in [7, 11) is 0. The molecule has 0 saturated heterocycles. The van der Waals surface area contributed by atoms with Crippen LogP contribution in [-0.2, 0) is 6.54 Å². The molecule has 0 aliphatic rings. The van der Waals surface area contributed by atoms with Crippen molar-refractivity contribution in [1.82, 2.24) is 19.7 Å². The molecule has 20 heavy (non-hydrogen) atoms. The lowest BCUT2D eigenvalue weighted by atomic mass is 10.3. The molecule has 0 amide bonds. The summed E-state index contributed by atoms with van der Waals surface area (Å²) < 4.78 is 1.54. The van der Waals surface area contributed by atoms with E-state index in [0.717, 1.165) is 10.7 Å². The van der Waals surface area contributed by atoms with Crippen molar-refractivity contribution >= 4 is 17.0 Å². The maximum absolute atomic E-state index is 12.0. The SMILES string of the molecule is CC(NCc1cc(=O)n2ccccc2n1)c1nccs1. The van der Waals surface area contributed by atoms with Crippen molar-refractivity contribution in [2.45, 2.75) is 19.5 Å². The molecule has 0 aliphatic heterocycles. The van der Waals surface area contributed by atoms with Gasteiger partial charge in [-0.2, -0.15) is 0 Å². The molecule has 0 spiro atoms. The fourth-order valence-corrected chi connectivity index (χ4v) is 2.66. The summed E-state index contributed by atoms with van der Waals surface area (Å²) in [4.78, 5) is 20.7. The van der Waals surface area contributed by atoms with Crippen molar-refractivity contribution in [3.8, 4) is 0 Å². The van der Waals surface area contributed by atoms with Gasteiger partial charge in [-0.25, -0.2) is 9.97 Å². The molecule has 3 rings (SSSR count). The minimum atomic E-state index is -0.0608. The maximum atomic E-state index is 12.0. The lowest BCUT2D eigenvalue weighted by Crippen LogP contribution is -2.22. The Kier molecular flexibility index (Phi) is 3.58. The fourth-order valence-electron chi connectivity index (χ4n) is 1.99. The highest BCUT2D eigenvalue weighted by Crippen LogP contribution is 2.14. The molecule has 3 heterocycles. The molecule has 102 valence electrons. The number of nitrogens with one attached hydrogen (secondary N) is 1. The van der Waals surface area contributed by atoms with E-state index in [1.165, 1.54) is 4.40 Å². The first-order valence-electron chi connectivity index (χ1n) is 6.34. The van der Waals surface area contributed by atoms with E-state index in [1.54, 1.807) is 29.8 Å². The molecule has 0 aliphatic carbocycles. The predicted octanol–water partition coefficient (Wildman–Crippen LogP) is 2.00. The van der Waals surface area contributed by atoms with Crippen LogP contribution < -0.4 is 10.9 Å². The number of nitrogens with zero attached hydrogens (tertiary/aromatic N) is 3. The van der Waals surface area contributed by atoms with Gasteiger partial charge in [0.05, 0.1) is 11.7 Å². The van der Waals surface area contributed by atoms with Gasteiger partial charge in [-0.15, -0.1) is 11.3 Å². The van der Waals surface area contributed by atoms with Crippen LogP contribution in [0.1, 0.15) is 23.7 Å². The molecule has 0 radical (unpaired) electrons. The number of fused-ring (bicyclic) bond motifs is 1. The zero-order valence-electron chi connectivity index (χ0n) is 11.0. The van der Waals surface area contributed by atoms with E-state index in [2.05, 4.69) is 15.3 Å². The van der Waals surface area contributed by atoms with Crippen LogP contribution in [0.5, 0.6) is 0 Å². The number of aromatic nitrogens is 3. The summed E-state index contributed by atoms with van der Waals surface area (Å²) in [6.45, 7) is 2.59. The minimum Gasteiger partial charge on any atom is -0.302 e. The van der Waals surface area contributed by atoms with Gasteiger partial charge in [0.25, 0.3) is 5.56 Å². The van der Waals surface area contributed by atoms with Crippen LogP contribution in [0.2, 0.25) is 0 Å². The number of rotatable bonds is 4. The first-order chi connectivity index (χ1) is 9.74. The quantitative estimate of drug-likeness (QED) is 0.797. The first-order valence-corrected chi connectivity index (χ1v) is 7.22. The molecule has 1 atom stereocenters. The monoisotopic (exact) mass is 286 g/mol. The summed E-state index contributed by atoms with van der Waals surface area (Å²) in [5, 5.41) is 6.31. The molecule has 1 N–H and O–H groups in total. The van der Waals surface area contributed by atoms with E-state index in [1.807, 2.05) is 30.5 Å². The van der Waals surface area contributed by atoms with Crippen LogP contribution in [0.4, 0.5) is 0 Å². The van der Waals surface area contributed by atoms with E-state index in [0.29, 0.717) is 12.2 Å². The summed E-state index contributed by atoms with van der Waals surface area (Å²) in [6.07, 6.45) is 3.51. The Bertz CT molecular complexity index is 766. The molecule has 0 saturated carbocycles. The average Bonchev–Trinajstić information content (AvgIpc) is 2.99. The lowest BCUT2D eigenvalue weighted by molar-refractivity contribution is 0.564. The molecule has 3 aromatic heterocycles. The summed E-state index contributed by atoms with van der Waals surface area (Å²) in [5.41, 5.74) is 1.35. The standard InChI is InChI=1S/C14H14N4OS/c1-10(14-15-5-7-20-14)16-9-11-8-13(19)18-6-3-2-4-12(18)17-11/h2-8,10,16H,9H2,1H3. The van der Waals surface area contributed by atoms with Crippen LogP contribution in [0, 0.1) is 0 Å². The van der Waals surface area contributed by atoms with Gasteiger partial charge in [0.2, 0.25) is 0 Å². The second kappa shape index (κ2) is 5.52. The molecule has 5 nitrogen and oxygen atoms in total. The molecule has 0 bridgehead atoms. The van der Waals surface area contributed by atoms with Crippen LogP contribution in [0.15, 0.2) is 46.8 Å². The van der Waals surface area contributed by atoms with Crippen LogP contribution in [0.3, 0.4) is 0 Å². The topological polar surface area (TPSA) is 59.3 Å². The van der Waals surface area contributed by atoms with Gasteiger partial charge in [-0.05, 0) is 19.1 Å². The van der Waals surface area contributed by atoms with Gasteiger partial charge < -0.3 is 5.32 Å². The molecular weight excluding hydrogens is 272 g/mol. The van der Waals surface area contributed by atoms with Crippen molar-refractivity contribution in [3.05, 3.63) is 63.1 Å². The van der Waals surface area contributed by atoms with Gasteiger partial charge >= 0.3 is 0 Å². The van der Waals surface area contributed by atoms with Crippen molar-refractivity contribution < 1.29 is 0 Å².